The molecule has 3 nitrogen and oxygen atoms in total. The number of fused-ring (bicyclic) bond motifs is 1. The molecule has 84 valence electrons. The van der Waals surface area contributed by atoms with E-state index in [1.165, 1.54) is 0 Å². The number of benzene rings is 1. The van der Waals surface area contributed by atoms with E-state index in [1.54, 1.807) is 12.1 Å². The van der Waals surface area contributed by atoms with Crippen LogP contribution in [0.15, 0.2) is 18.2 Å². The third-order valence-corrected chi connectivity index (χ3v) is 2.69. The summed E-state index contributed by atoms with van der Waals surface area (Å²) in [6, 6.07) is 5.63. The van der Waals surface area contributed by atoms with Crippen LogP contribution in [0, 0.1) is 12.3 Å². The summed E-state index contributed by atoms with van der Waals surface area (Å²) in [5.74, 6) is 3.62. The molecule has 0 aliphatic carbocycles. The molecule has 2 atom stereocenters. The van der Waals surface area contributed by atoms with Gasteiger partial charge in [-0.1, -0.05) is 0 Å². The number of rotatable bonds is 3. The zero-order valence-corrected chi connectivity index (χ0v) is 9.23. The van der Waals surface area contributed by atoms with Gasteiger partial charge in [0.15, 0.2) is 0 Å². The van der Waals surface area contributed by atoms with Gasteiger partial charge in [0.1, 0.15) is 18.1 Å². The molecule has 0 fully saturated rings. The smallest absolute Gasteiger partial charge is 0.127 e. The predicted molar refractivity (Wildman–Crippen MR) is 62.4 cm³/mol. The molecule has 1 heterocycles. The number of terminal acetylenes is 1. The quantitative estimate of drug-likeness (QED) is 0.759. The van der Waals surface area contributed by atoms with Crippen LogP contribution >= 0.6 is 0 Å². The van der Waals surface area contributed by atoms with Crippen LogP contribution in [-0.4, -0.2) is 17.8 Å². The minimum Gasteiger partial charge on any atom is -0.508 e. The fourth-order valence-corrected chi connectivity index (χ4v) is 1.92. The molecule has 0 amide bonds. The first-order valence-corrected chi connectivity index (χ1v) is 5.36. The lowest BCUT2D eigenvalue weighted by atomic mass is 10.1. The lowest BCUT2D eigenvalue weighted by molar-refractivity contribution is 0.300. The molecule has 2 unspecified atom stereocenters. The predicted octanol–water partition coefficient (Wildman–Crippen LogP) is 1.83. The van der Waals surface area contributed by atoms with E-state index in [0.717, 1.165) is 11.3 Å². The van der Waals surface area contributed by atoms with E-state index >= 15 is 0 Å². The molecule has 1 aromatic rings. The number of hydrogen-bond donors (Lipinski definition) is 2. The number of ether oxygens (including phenoxy) is 1. The summed E-state index contributed by atoms with van der Waals surface area (Å²) in [5.41, 5.74) is 1.08. The van der Waals surface area contributed by atoms with Crippen LogP contribution in [0.2, 0.25) is 0 Å². The van der Waals surface area contributed by atoms with Crippen molar-refractivity contribution in [3.05, 3.63) is 23.8 Å². The van der Waals surface area contributed by atoms with Crippen LogP contribution in [0.25, 0.3) is 0 Å². The molecule has 0 radical (unpaired) electrons. The van der Waals surface area contributed by atoms with E-state index in [2.05, 4.69) is 18.2 Å². The zero-order chi connectivity index (χ0) is 11.5. The minimum atomic E-state index is 0.166. The molecule has 1 aromatic carbocycles. The zero-order valence-electron chi connectivity index (χ0n) is 9.23. The summed E-state index contributed by atoms with van der Waals surface area (Å²) < 4.78 is 5.50. The highest BCUT2D eigenvalue weighted by Gasteiger charge is 2.25. The molecule has 0 saturated carbocycles. The Morgan fingerprint density at radius 3 is 3.25 bits per heavy atom. The van der Waals surface area contributed by atoms with Crippen molar-refractivity contribution in [3.63, 3.8) is 0 Å². The molecule has 16 heavy (non-hydrogen) atoms. The largest absolute Gasteiger partial charge is 0.508 e. The van der Waals surface area contributed by atoms with E-state index in [0.29, 0.717) is 13.0 Å². The summed E-state index contributed by atoms with van der Waals surface area (Å²) in [6.07, 6.45) is 5.96. The molecule has 0 aromatic heterocycles. The van der Waals surface area contributed by atoms with Crippen molar-refractivity contribution in [2.24, 2.45) is 0 Å². The molecule has 0 bridgehead atoms. The number of phenols is 1. The van der Waals surface area contributed by atoms with Crippen LogP contribution in [0.4, 0.5) is 0 Å². The highest BCUT2D eigenvalue weighted by atomic mass is 16.5. The van der Waals surface area contributed by atoms with Gasteiger partial charge in [0, 0.05) is 24.1 Å². The van der Waals surface area contributed by atoms with Gasteiger partial charge in [-0.3, -0.25) is 0 Å². The number of aromatic hydroxyl groups is 1. The van der Waals surface area contributed by atoms with Crippen LogP contribution in [0.1, 0.15) is 24.9 Å². The maximum atomic E-state index is 9.32. The standard InChI is InChI=1S/C13H15NO2/c1-3-4-9(2)14-12-8-16-13-7-10(15)5-6-11(12)13/h1,5-7,9,12,14-15H,4,8H2,2H3. The minimum absolute atomic E-state index is 0.166. The Bertz CT molecular complexity index is 422. The van der Waals surface area contributed by atoms with Gasteiger partial charge in [0.2, 0.25) is 0 Å². The third-order valence-electron chi connectivity index (χ3n) is 2.69. The Labute approximate surface area is 95.4 Å². The summed E-state index contributed by atoms with van der Waals surface area (Å²) in [5, 5.41) is 12.7. The van der Waals surface area contributed by atoms with E-state index in [9.17, 15) is 5.11 Å². The second kappa shape index (κ2) is 4.46. The average molecular weight is 217 g/mol. The van der Waals surface area contributed by atoms with Gasteiger partial charge in [-0.25, -0.2) is 0 Å². The summed E-state index contributed by atoms with van der Waals surface area (Å²) in [7, 11) is 0. The van der Waals surface area contributed by atoms with Crippen molar-refractivity contribution in [1.82, 2.24) is 5.32 Å². The molecular formula is C13H15NO2. The van der Waals surface area contributed by atoms with Gasteiger partial charge in [0.05, 0.1) is 6.04 Å². The van der Waals surface area contributed by atoms with Crippen LogP contribution in [0.5, 0.6) is 11.5 Å². The van der Waals surface area contributed by atoms with Gasteiger partial charge in [-0.15, -0.1) is 12.3 Å². The second-order valence-corrected chi connectivity index (χ2v) is 4.06. The van der Waals surface area contributed by atoms with Crippen molar-refractivity contribution in [1.29, 1.82) is 0 Å². The lowest BCUT2D eigenvalue weighted by Crippen LogP contribution is -2.31. The fraction of sp³-hybridized carbons (Fsp3) is 0.385. The molecule has 3 heteroatoms. The molecule has 2 rings (SSSR count). The molecular weight excluding hydrogens is 202 g/mol. The second-order valence-electron chi connectivity index (χ2n) is 4.06. The van der Waals surface area contributed by atoms with Crippen molar-refractivity contribution in [2.45, 2.75) is 25.4 Å². The van der Waals surface area contributed by atoms with Crippen LogP contribution < -0.4 is 10.1 Å². The number of nitrogens with one attached hydrogen (secondary N) is 1. The first-order chi connectivity index (χ1) is 7.70. The van der Waals surface area contributed by atoms with E-state index in [1.807, 2.05) is 6.07 Å². The Kier molecular flexibility index (Phi) is 3.02. The Hall–Kier alpha value is -1.66. The van der Waals surface area contributed by atoms with E-state index in [-0.39, 0.29) is 17.8 Å². The average Bonchev–Trinajstić information content (AvgIpc) is 2.61. The van der Waals surface area contributed by atoms with E-state index < -0.39 is 0 Å². The normalized spacial score (nSPS) is 19.6. The first kappa shape index (κ1) is 10.8. The lowest BCUT2D eigenvalue weighted by Gasteiger charge is -2.16. The van der Waals surface area contributed by atoms with Gasteiger partial charge in [-0.2, -0.15) is 0 Å². The number of hydrogen-bond acceptors (Lipinski definition) is 3. The molecule has 1 aliphatic rings. The topological polar surface area (TPSA) is 41.5 Å². The third kappa shape index (κ3) is 2.12. The summed E-state index contributed by atoms with van der Waals surface area (Å²) in [4.78, 5) is 0. The molecule has 0 saturated heterocycles. The SMILES string of the molecule is C#CCC(C)NC1COc2cc(O)ccc21. The van der Waals surface area contributed by atoms with Gasteiger partial charge >= 0.3 is 0 Å². The maximum Gasteiger partial charge on any atom is 0.127 e. The molecule has 2 N–H and O–H groups in total. The maximum absolute atomic E-state index is 9.32. The molecule has 1 aliphatic heterocycles. The van der Waals surface area contributed by atoms with Crippen molar-refractivity contribution in [3.8, 4) is 23.8 Å². The summed E-state index contributed by atoms with van der Waals surface area (Å²) in [6.45, 7) is 2.64. The number of phenolic OH excluding ortho intramolecular Hbond substituents is 1. The monoisotopic (exact) mass is 217 g/mol. The van der Waals surface area contributed by atoms with Crippen molar-refractivity contribution in [2.75, 3.05) is 6.61 Å². The van der Waals surface area contributed by atoms with Gasteiger partial charge < -0.3 is 15.2 Å². The Morgan fingerprint density at radius 1 is 1.69 bits per heavy atom. The highest BCUT2D eigenvalue weighted by Crippen LogP contribution is 2.35. The molecule has 0 spiro atoms. The van der Waals surface area contributed by atoms with Gasteiger partial charge in [0.25, 0.3) is 0 Å². The Morgan fingerprint density at radius 2 is 2.50 bits per heavy atom. The Balaban J connectivity index is 2.09. The van der Waals surface area contributed by atoms with Crippen molar-refractivity contribution < 1.29 is 9.84 Å². The van der Waals surface area contributed by atoms with E-state index in [4.69, 9.17) is 11.2 Å². The van der Waals surface area contributed by atoms with Crippen molar-refractivity contribution >= 4 is 0 Å². The van der Waals surface area contributed by atoms with Gasteiger partial charge in [-0.05, 0) is 19.1 Å². The summed E-state index contributed by atoms with van der Waals surface area (Å²) >= 11 is 0. The van der Waals surface area contributed by atoms with Crippen LogP contribution in [-0.2, 0) is 0 Å². The highest BCUT2D eigenvalue weighted by molar-refractivity contribution is 5.44. The van der Waals surface area contributed by atoms with Crippen LogP contribution in [0.3, 0.4) is 0 Å². The fourth-order valence-electron chi connectivity index (χ4n) is 1.92. The first-order valence-electron chi connectivity index (χ1n) is 5.36.